The summed E-state index contributed by atoms with van der Waals surface area (Å²) in [6.07, 6.45) is 3.55. The minimum absolute atomic E-state index is 0.0462. The van der Waals surface area contributed by atoms with E-state index in [0.717, 1.165) is 73.0 Å². The summed E-state index contributed by atoms with van der Waals surface area (Å²) in [6.45, 7) is 20.0. The van der Waals surface area contributed by atoms with Crippen molar-refractivity contribution >= 4 is 37.9 Å². The fourth-order valence-corrected chi connectivity index (χ4v) is 7.58. The Kier molecular flexibility index (Phi) is 10.7. The third kappa shape index (κ3) is 8.54. The number of anilines is 2. The average molecular weight is 716 g/mol. The molecule has 3 aromatic rings. The van der Waals surface area contributed by atoms with Crippen molar-refractivity contribution in [2.75, 3.05) is 55.7 Å². The van der Waals surface area contributed by atoms with Crippen LogP contribution >= 0.6 is 0 Å². The Bertz CT molecular complexity index is 1780. The second kappa shape index (κ2) is 14.8. The summed E-state index contributed by atoms with van der Waals surface area (Å²) in [5.41, 5.74) is 2.28. The lowest BCUT2D eigenvalue weighted by atomic mass is 9.79. The van der Waals surface area contributed by atoms with Crippen LogP contribution in [0, 0.1) is 5.92 Å². The van der Waals surface area contributed by atoms with Crippen LogP contribution in [0.4, 0.5) is 11.4 Å². The molecule has 3 aliphatic heterocycles. The van der Waals surface area contributed by atoms with Crippen molar-refractivity contribution in [1.29, 1.82) is 0 Å². The molecule has 0 saturated carbocycles. The maximum atomic E-state index is 13.3. The number of piperazine rings is 1. The van der Waals surface area contributed by atoms with Crippen LogP contribution in [0.15, 0.2) is 70.4 Å². The topological polar surface area (TPSA) is 98.5 Å². The molecule has 11 nitrogen and oxygen atoms in total. The summed E-state index contributed by atoms with van der Waals surface area (Å²) in [7, 11) is -1.67. The van der Waals surface area contributed by atoms with Gasteiger partial charge < -0.3 is 28.7 Å². The number of rotatable bonds is 11. The number of nitrogens with zero attached hydrogens (tertiary/aromatic N) is 5. The molecule has 0 spiro atoms. The summed E-state index contributed by atoms with van der Waals surface area (Å²) in [4.78, 5) is 45.4. The normalized spacial score (nSPS) is 19.6. The van der Waals surface area contributed by atoms with E-state index in [-0.39, 0.29) is 29.4 Å². The smallest absolute Gasteiger partial charge is 0.399 e. The first-order valence-corrected chi connectivity index (χ1v) is 22.0. The van der Waals surface area contributed by atoms with E-state index >= 15 is 0 Å². The summed E-state index contributed by atoms with van der Waals surface area (Å²) < 4.78 is 20.7. The lowest BCUT2D eigenvalue weighted by Gasteiger charge is -2.40. The molecule has 3 fully saturated rings. The van der Waals surface area contributed by atoms with Gasteiger partial charge in [0.15, 0.2) is 0 Å². The van der Waals surface area contributed by atoms with Gasteiger partial charge in [0.2, 0.25) is 5.91 Å². The van der Waals surface area contributed by atoms with Crippen molar-refractivity contribution in [3.05, 3.63) is 81.6 Å². The highest BCUT2D eigenvalue weighted by molar-refractivity contribution is 6.76. The highest BCUT2D eigenvalue weighted by Gasteiger charge is 2.51. The molecule has 0 bridgehead atoms. The second-order valence-electron chi connectivity index (χ2n) is 16.5. The minimum Gasteiger partial charge on any atom is -0.399 e. The second-order valence-corrected chi connectivity index (χ2v) is 22.1. The number of piperidine rings is 1. The first-order chi connectivity index (χ1) is 24.1. The molecule has 0 radical (unpaired) electrons. The van der Waals surface area contributed by atoms with E-state index in [2.05, 4.69) is 69.3 Å². The Morgan fingerprint density at radius 1 is 0.784 bits per heavy atom. The Morgan fingerprint density at radius 3 is 1.98 bits per heavy atom. The third-order valence-electron chi connectivity index (χ3n) is 11.0. The van der Waals surface area contributed by atoms with E-state index in [0.29, 0.717) is 24.8 Å². The zero-order valence-electron chi connectivity index (χ0n) is 31.4. The fourth-order valence-electron chi connectivity index (χ4n) is 6.82. The first-order valence-electron chi connectivity index (χ1n) is 18.3. The molecule has 0 atom stereocenters. The third-order valence-corrected chi connectivity index (χ3v) is 12.7. The summed E-state index contributed by atoms with van der Waals surface area (Å²) in [5.74, 6) is 0.636. The number of amides is 1. The van der Waals surface area contributed by atoms with E-state index in [1.54, 1.807) is 0 Å². The molecule has 274 valence electrons. The molecule has 0 aliphatic carbocycles. The van der Waals surface area contributed by atoms with Gasteiger partial charge in [-0.3, -0.25) is 14.2 Å². The van der Waals surface area contributed by atoms with Crippen LogP contribution in [0.3, 0.4) is 0 Å². The minimum atomic E-state index is -1.27. The molecule has 3 aliphatic rings. The molecular formula is C38H54BN5O6Si. The quantitative estimate of drug-likeness (QED) is 0.216. The van der Waals surface area contributed by atoms with E-state index in [1.165, 1.54) is 16.8 Å². The predicted octanol–water partition coefficient (Wildman–Crippen LogP) is 4.18. The predicted molar refractivity (Wildman–Crippen MR) is 206 cm³/mol. The Balaban J connectivity index is 0.974. The zero-order chi connectivity index (χ0) is 36.6. The van der Waals surface area contributed by atoms with E-state index < -0.39 is 20.9 Å². The van der Waals surface area contributed by atoms with Gasteiger partial charge in [-0.05, 0) is 94.4 Å². The number of hydrogen-bond acceptors (Lipinski definition) is 8. The van der Waals surface area contributed by atoms with Gasteiger partial charge in [0.1, 0.15) is 6.73 Å². The number of ether oxygens (including phenoxy) is 1. The molecule has 0 N–H and O–H groups in total. The summed E-state index contributed by atoms with van der Waals surface area (Å²) >= 11 is 0. The van der Waals surface area contributed by atoms with Crippen molar-refractivity contribution in [3.8, 4) is 5.69 Å². The number of carbonyl (C=O) groups is 1. The molecule has 13 heteroatoms. The molecule has 1 aromatic heterocycles. The Morgan fingerprint density at radius 2 is 1.37 bits per heavy atom. The van der Waals surface area contributed by atoms with Crippen LogP contribution in [0.1, 0.15) is 40.5 Å². The Labute approximate surface area is 303 Å². The van der Waals surface area contributed by atoms with Gasteiger partial charge in [0, 0.05) is 71.0 Å². The van der Waals surface area contributed by atoms with Crippen LogP contribution < -0.4 is 26.5 Å². The molecule has 4 heterocycles. The van der Waals surface area contributed by atoms with Crippen LogP contribution in [-0.4, -0.2) is 92.2 Å². The standard InChI is InChI=1S/C38H54BN5O6Si/c1-37(2)38(3,4)50-39(49-37)30-8-10-32(11-9-30)41-22-23-42(35(46)27-41)26-29-16-19-40(20-17-29)31-12-14-33(15-13-31)43-21-18-34(45)44(36(43)47)28-48-24-25-51(5,6)7/h8-15,18,21,29H,16-17,19-20,22-28H2,1-7H3. The molecule has 1 amide bonds. The number of benzene rings is 2. The lowest BCUT2D eigenvalue weighted by molar-refractivity contribution is -0.131. The fraction of sp³-hybridized carbons (Fsp3) is 0.553. The van der Waals surface area contributed by atoms with Crippen molar-refractivity contribution in [2.45, 2.75) is 84.2 Å². The van der Waals surface area contributed by atoms with Gasteiger partial charge in [0.25, 0.3) is 5.56 Å². The monoisotopic (exact) mass is 715 g/mol. The molecule has 3 saturated heterocycles. The van der Waals surface area contributed by atoms with Crippen molar-refractivity contribution in [1.82, 2.24) is 14.0 Å². The van der Waals surface area contributed by atoms with E-state index in [1.807, 2.05) is 41.3 Å². The van der Waals surface area contributed by atoms with Gasteiger partial charge in [-0.15, -0.1) is 0 Å². The number of hydrogen-bond donors (Lipinski definition) is 0. The maximum Gasteiger partial charge on any atom is 0.494 e. The highest BCUT2D eigenvalue weighted by Crippen LogP contribution is 2.36. The maximum absolute atomic E-state index is 13.3. The lowest BCUT2D eigenvalue weighted by Crippen LogP contribution is -2.52. The number of aromatic nitrogens is 2. The Hall–Kier alpha value is -3.65. The SMILES string of the molecule is CC1(C)OB(c2ccc(N3CCN(CC4CCN(c5ccc(-n6ccc(=O)n(COCC[Si](C)(C)C)c6=O)cc5)CC4)C(=O)C3)cc2)OC1(C)C. The zero-order valence-corrected chi connectivity index (χ0v) is 32.4. The van der Waals surface area contributed by atoms with Crippen molar-refractivity contribution in [2.24, 2.45) is 5.92 Å². The van der Waals surface area contributed by atoms with Gasteiger partial charge in [-0.2, -0.15) is 0 Å². The van der Waals surface area contributed by atoms with Crippen molar-refractivity contribution < 1.29 is 18.8 Å². The van der Waals surface area contributed by atoms with E-state index in [4.69, 9.17) is 14.0 Å². The highest BCUT2D eigenvalue weighted by atomic mass is 28.3. The average Bonchev–Trinajstić information content (AvgIpc) is 3.31. The summed E-state index contributed by atoms with van der Waals surface area (Å²) in [5, 5.41) is 0. The van der Waals surface area contributed by atoms with Gasteiger partial charge in [0.05, 0.1) is 23.4 Å². The molecule has 0 unspecified atom stereocenters. The van der Waals surface area contributed by atoms with Crippen LogP contribution in [0.5, 0.6) is 0 Å². The van der Waals surface area contributed by atoms with Gasteiger partial charge >= 0.3 is 12.8 Å². The van der Waals surface area contributed by atoms with Crippen LogP contribution in [-0.2, 0) is 25.6 Å². The van der Waals surface area contributed by atoms with Crippen LogP contribution in [0.2, 0.25) is 25.7 Å². The van der Waals surface area contributed by atoms with Gasteiger partial charge in [-0.1, -0.05) is 31.8 Å². The molecule has 51 heavy (non-hydrogen) atoms. The molecule has 6 rings (SSSR count). The molecular weight excluding hydrogens is 661 g/mol. The molecule has 2 aromatic carbocycles. The van der Waals surface area contributed by atoms with E-state index in [9.17, 15) is 14.4 Å². The first kappa shape index (κ1) is 37.1. The summed E-state index contributed by atoms with van der Waals surface area (Å²) in [6, 6.07) is 18.5. The number of carbonyl (C=O) groups excluding carboxylic acids is 1. The van der Waals surface area contributed by atoms with Gasteiger partial charge in [-0.25, -0.2) is 9.36 Å². The van der Waals surface area contributed by atoms with Crippen LogP contribution in [0.25, 0.3) is 5.69 Å². The largest absolute Gasteiger partial charge is 0.494 e. The van der Waals surface area contributed by atoms with Crippen molar-refractivity contribution in [3.63, 3.8) is 0 Å².